The van der Waals surface area contributed by atoms with Crippen LogP contribution in [0.15, 0.2) is 35.3 Å². The lowest BCUT2D eigenvalue weighted by Gasteiger charge is -2.27. The average Bonchev–Trinajstić information content (AvgIpc) is 2.53. The first-order chi connectivity index (χ1) is 10.3. The summed E-state index contributed by atoms with van der Waals surface area (Å²) in [6.07, 6.45) is 4.86. The van der Waals surface area contributed by atoms with Gasteiger partial charge in [-0.3, -0.25) is 9.79 Å². The Morgan fingerprint density at radius 1 is 1.33 bits per heavy atom. The molecule has 1 atom stereocenters. The Kier molecular flexibility index (Phi) is 6.41. The highest BCUT2D eigenvalue weighted by atomic mass is 16.5. The third-order valence-corrected chi connectivity index (χ3v) is 3.63. The summed E-state index contributed by atoms with van der Waals surface area (Å²) in [5.41, 5.74) is 1.16. The van der Waals surface area contributed by atoms with E-state index in [9.17, 15) is 4.79 Å². The minimum atomic E-state index is -0.173. The summed E-state index contributed by atoms with van der Waals surface area (Å²) >= 11 is 0. The molecule has 0 aromatic heterocycles. The van der Waals surface area contributed by atoms with Crippen LogP contribution in [0.5, 0.6) is 0 Å². The molecule has 114 valence electrons. The molecule has 1 amide bonds. The average molecular weight is 288 g/mol. The number of hydrogen-bond donors (Lipinski definition) is 0. The molecule has 0 bridgehead atoms. The van der Waals surface area contributed by atoms with Gasteiger partial charge in [0.1, 0.15) is 6.04 Å². The SMILES string of the molecule is CCCCC1N=CCN(CCOCc2ccccc2)C1=O. The second kappa shape index (κ2) is 8.57. The molecule has 21 heavy (non-hydrogen) atoms. The van der Waals surface area contributed by atoms with E-state index in [4.69, 9.17) is 4.74 Å². The predicted molar refractivity (Wildman–Crippen MR) is 84.5 cm³/mol. The number of hydrogen-bond acceptors (Lipinski definition) is 3. The monoisotopic (exact) mass is 288 g/mol. The van der Waals surface area contributed by atoms with Crippen molar-refractivity contribution in [1.29, 1.82) is 0 Å². The standard InChI is InChI=1S/C17H24N2O2/c1-2-3-9-16-17(20)19(11-10-18-16)12-13-21-14-15-7-5-4-6-8-15/h4-8,10,16H,2-3,9,11-14H2,1H3. The summed E-state index contributed by atoms with van der Waals surface area (Å²) in [6.45, 7) is 4.54. The summed E-state index contributed by atoms with van der Waals surface area (Å²) < 4.78 is 5.65. The maximum absolute atomic E-state index is 12.3. The van der Waals surface area contributed by atoms with Gasteiger partial charge in [0, 0.05) is 12.8 Å². The smallest absolute Gasteiger partial charge is 0.247 e. The van der Waals surface area contributed by atoms with Gasteiger partial charge in [-0.15, -0.1) is 0 Å². The minimum absolute atomic E-state index is 0.147. The Hall–Kier alpha value is -1.68. The summed E-state index contributed by atoms with van der Waals surface area (Å²) in [6, 6.07) is 9.90. The topological polar surface area (TPSA) is 41.9 Å². The van der Waals surface area contributed by atoms with Gasteiger partial charge >= 0.3 is 0 Å². The van der Waals surface area contributed by atoms with Crippen molar-refractivity contribution in [3.63, 3.8) is 0 Å². The van der Waals surface area contributed by atoms with Crippen LogP contribution in [0.25, 0.3) is 0 Å². The van der Waals surface area contributed by atoms with E-state index < -0.39 is 0 Å². The summed E-state index contributed by atoms with van der Waals surface area (Å²) in [4.78, 5) is 18.4. The number of amides is 1. The van der Waals surface area contributed by atoms with Gasteiger partial charge in [-0.1, -0.05) is 50.1 Å². The van der Waals surface area contributed by atoms with Crippen molar-refractivity contribution in [1.82, 2.24) is 4.90 Å². The molecular formula is C17H24N2O2. The number of carbonyl (C=O) groups is 1. The van der Waals surface area contributed by atoms with Crippen LogP contribution in [0.3, 0.4) is 0 Å². The molecular weight excluding hydrogens is 264 g/mol. The first-order valence-electron chi connectivity index (χ1n) is 7.73. The molecule has 0 saturated heterocycles. The van der Waals surface area contributed by atoms with Gasteiger partial charge in [0.15, 0.2) is 0 Å². The normalized spacial score (nSPS) is 18.2. The van der Waals surface area contributed by atoms with Crippen molar-refractivity contribution in [2.45, 2.75) is 38.8 Å². The van der Waals surface area contributed by atoms with Gasteiger partial charge in [0.05, 0.1) is 19.8 Å². The number of ether oxygens (including phenoxy) is 1. The predicted octanol–water partition coefficient (Wildman–Crippen LogP) is 2.68. The maximum Gasteiger partial charge on any atom is 0.247 e. The summed E-state index contributed by atoms with van der Waals surface area (Å²) in [5.74, 6) is 0.147. The molecule has 0 N–H and O–H groups in total. The molecule has 1 unspecified atom stereocenters. The molecule has 1 aliphatic heterocycles. The molecule has 0 aliphatic carbocycles. The van der Waals surface area contributed by atoms with Gasteiger partial charge in [-0.05, 0) is 12.0 Å². The molecule has 0 saturated carbocycles. The van der Waals surface area contributed by atoms with E-state index in [2.05, 4.69) is 11.9 Å². The largest absolute Gasteiger partial charge is 0.375 e. The van der Waals surface area contributed by atoms with Crippen LogP contribution in [0.1, 0.15) is 31.7 Å². The Balaban J connectivity index is 1.70. The molecule has 0 spiro atoms. The van der Waals surface area contributed by atoms with Crippen molar-refractivity contribution in [2.24, 2.45) is 4.99 Å². The molecule has 0 fully saturated rings. The highest BCUT2D eigenvalue weighted by Crippen LogP contribution is 2.11. The van der Waals surface area contributed by atoms with E-state index in [-0.39, 0.29) is 11.9 Å². The highest BCUT2D eigenvalue weighted by Gasteiger charge is 2.25. The zero-order valence-electron chi connectivity index (χ0n) is 12.7. The first kappa shape index (κ1) is 15.7. The third kappa shape index (κ3) is 4.97. The minimum Gasteiger partial charge on any atom is -0.375 e. The molecule has 1 aliphatic rings. The van der Waals surface area contributed by atoms with E-state index in [1.165, 1.54) is 0 Å². The van der Waals surface area contributed by atoms with Crippen molar-refractivity contribution in [3.05, 3.63) is 35.9 Å². The molecule has 4 nitrogen and oxygen atoms in total. The fraction of sp³-hybridized carbons (Fsp3) is 0.529. The second-order valence-electron chi connectivity index (χ2n) is 5.31. The van der Waals surface area contributed by atoms with Gasteiger partial charge in [0.2, 0.25) is 5.91 Å². The van der Waals surface area contributed by atoms with Crippen LogP contribution in [0.4, 0.5) is 0 Å². The number of aliphatic imine (C=N–C) groups is 1. The van der Waals surface area contributed by atoms with E-state index in [1.54, 1.807) is 0 Å². The Bertz CT molecular complexity index is 459. The van der Waals surface area contributed by atoms with Gasteiger partial charge in [0.25, 0.3) is 0 Å². The van der Waals surface area contributed by atoms with Crippen molar-refractivity contribution < 1.29 is 9.53 Å². The molecule has 2 rings (SSSR count). The lowest BCUT2D eigenvalue weighted by atomic mass is 10.1. The van der Waals surface area contributed by atoms with E-state index in [0.717, 1.165) is 24.8 Å². The molecule has 1 heterocycles. The Labute approximate surface area is 126 Å². The number of rotatable bonds is 8. The fourth-order valence-corrected chi connectivity index (χ4v) is 2.37. The lowest BCUT2D eigenvalue weighted by molar-refractivity contribution is -0.133. The number of carbonyl (C=O) groups excluding carboxylic acids is 1. The fourth-order valence-electron chi connectivity index (χ4n) is 2.37. The number of unbranched alkanes of at least 4 members (excludes halogenated alkanes) is 1. The van der Waals surface area contributed by atoms with E-state index in [1.807, 2.05) is 41.4 Å². The van der Waals surface area contributed by atoms with Crippen molar-refractivity contribution in [3.8, 4) is 0 Å². The molecule has 1 aromatic carbocycles. The number of benzene rings is 1. The zero-order valence-corrected chi connectivity index (χ0v) is 12.7. The third-order valence-electron chi connectivity index (χ3n) is 3.63. The molecule has 4 heteroatoms. The van der Waals surface area contributed by atoms with E-state index >= 15 is 0 Å². The van der Waals surface area contributed by atoms with Crippen molar-refractivity contribution in [2.75, 3.05) is 19.7 Å². The van der Waals surface area contributed by atoms with Gasteiger partial charge in [-0.25, -0.2) is 0 Å². The van der Waals surface area contributed by atoms with Gasteiger partial charge in [-0.2, -0.15) is 0 Å². The van der Waals surface area contributed by atoms with Crippen molar-refractivity contribution >= 4 is 12.1 Å². The highest BCUT2D eigenvalue weighted by molar-refractivity contribution is 5.88. The van der Waals surface area contributed by atoms with Crippen LogP contribution < -0.4 is 0 Å². The van der Waals surface area contributed by atoms with Crippen LogP contribution >= 0.6 is 0 Å². The van der Waals surface area contributed by atoms with Gasteiger partial charge < -0.3 is 9.64 Å². The first-order valence-corrected chi connectivity index (χ1v) is 7.73. The Morgan fingerprint density at radius 3 is 2.90 bits per heavy atom. The second-order valence-corrected chi connectivity index (χ2v) is 5.31. The van der Waals surface area contributed by atoms with Crippen LogP contribution in [-0.4, -0.2) is 42.8 Å². The lowest BCUT2D eigenvalue weighted by Crippen LogP contribution is -2.44. The van der Waals surface area contributed by atoms with Crippen LogP contribution in [-0.2, 0) is 16.1 Å². The zero-order chi connectivity index (χ0) is 14.9. The van der Waals surface area contributed by atoms with Crippen LogP contribution in [0, 0.1) is 0 Å². The summed E-state index contributed by atoms with van der Waals surface area (Å²) in [7, 11) is 0. The number of nitrogens with zero attached hydrogens (tertiary/aromatic N) is 2. The summed E-state index contributed by atoms with van der Waals surface area (Å²) in [5, 5.41) is 0. The maximum atomic E-state index is 12.3. The quantitative estimate of drug-likeness (QED) is 0.690. The Morgan fingerprint density at radius 2 is 2.14 bits per heavy atom. The molecule has 0 radical (unpaired) electrons. The van der Waals surface area contributed by atoms with Crippen LogP contribution in [0.2, 0.25) is 0 Å². The molecule has 1 aromatic rings. The van der Waals surface area contributed by atoms with E-state index in [0.29, 0.717) is 26.3 Å².